The fourth-order valence-electron chi connectivity index (χ4n) is 4.16. The summed E-state index contributed by atoms with van der Waals surface area (Å²) >= 11 is 0. The number of carbonyl (C=O) groups excluding carboxylic acids is 1. The summed E-state index contributed by atoms with van der Waals surface area (Å²) in [6.07, 6.45) is 1.04. The van der Waals surface area contributed by atoms with Crippen molar-refractivity contribution in [3.8, 4) is 11.1 Å². The normalized spacial score (nSPS) is 16.5. The fourth-order valence-corrected chi connectivity index (χ4v) is 4.16. The molecule has 1 aliphatic heterocycles. The van der Waals surface area contributed by atoms with E-state index in [4.69, 9.17) is 0 Å². The van der Waals surface area contributed by atoms with Crippen LogP contribution in [0.5, 0.6) is 0 Å². The molecule has 0 fully saturated rings. The number of carbonyl (C=O) groups is 1. The van der Waals surface area contributed by atoms with Crippen molar-refractivity contribution in [2.45, 2.75) is 66.0 Å². The maximum atomic E-state index is 12.3. The van der Waals surface area contributed by atoms with Crippen molar-refractivity contribution in [2.75, 3.05) is 13.1 Å². The van der Waals surface area contributed by atoms with E-state index in [1.807, 2.05) is 27.7 Å². The molecule has 2 aromatic rings. The minimum atomic E-state index is 0.0984. The van der Waals surface area contributed by atoms with Crippen molar-refractivity contribution in [3.05, 3.63) is 52.8 Å². The van der Waals surface area contributed by atoms with Gasteiger partial charge in [0.25, 0.3) is 0 Å². The second-order valence-electron chi connectivity index (χ2n) is 9.08. The first-order valence-corrected chi connectivity index (χ1v) is 10.2. The lowest BCUT2D eigenvalue weighted by Crippen LogP contribution is -2.40. The van der Waals surface area contributed by atoms with Crippen LogP contribution in [0, 0.1) is 13.8 Å². The first-order chi connectivity index (χ1) is 13.1. The first kappa shape index (κ1) is 20.5. The molecule has 1 amide bonds. The molecule has 0 unspecified atom stereocenters. The zero-order valence-electron chi connectivity index (χ0n) is 18.1. The predicted octanol–water partition coefficient (Wildman–Crippen LogP) is 4.37. The third-order valence-corrected chi connectivity index (χ3v) is 5.51. The topological polar surface area (TPSA) is 45.2 Å². The molecule has 150 valence electrons. The van der Waals surface area contributed by atoms with Crippen LogP contribution in [0.4, 0.5) is 0 Å². The van der Waals surface area contributed by atoms with Gasteiger partial charge in [0, 0.05) is 24.0 Å². The van der Waals surface area contributed by atoms with Crippen LogP contribution in [0.1, 0.15) is 56.6 Å². The van der Waals surface area contributed by atoms with Crippen molar-refractivity contribution in [1.29, 1.82) is 0 Å². The van der Waals surface area contributed by atoms with Crippen molar-refractivity contribution < 1.29 is 4.79 Å². The Balaban J connectivity index is 1.93. The van der Waals surface area contributed by atoms with Crippen molar-refractivity contribution >= 4 is 5.91 Å². The van der Waals surface area contributed by atoms with Gasteiger partial charge in [0.05, 0.1) is 6.54 Å². The van der Waals surface area contributed by atoms with Gasteiger partial charge in [-0.2, -0.15) is 0 Å². The van der Waals surface area contributed by atoms with Gasteiger partial charge < -0.3 is 5.32 Å². The summed E-state index contributed by atoms with van der Waals surface area (Å²) in [7, 11) is 0. The molecule has 1 aromatic carbocycles. The number of nitrogens with zero attached hydrogens (tertiary/aromatic N) is 2. The van der Waals surface area contributed by atoms with Crippen LogP contribution >= 0.6 is 0 Å². The standard InChI is InChI=1S/C24H33N3O/c1-16(2)25-23(28)15-27-10-9-24(5,6)22-8-7-19(13-21(22)14-27)20-11-17(3)26-18(4)12-20/h7-8,11-13,16H,9-10,14-15H2,1-6H3,(H,25,28). The summed E-state index contributed by atoms with van der Waals surface area (Å²) in [5.41, 5.74) is 7.32. The van der Waals surface area contributed by atoms with Crippen molar-refractivity contribution in [1.82, 2.24) is 15.2 Å². The Hall–Kier alpha value is -2.20. The van der Waals surface area contributed by atoms with E-state index in [2.05, 4.69) is 59.4 Å². The largest absolute Gasteiger partial charge is 0.353 e. The quantitative estimate of drug-likeness (QED) is 0.858. The smallest absolute Gasteiger partial charge is 0.234 e. The number of pyridine rings is 1. The lowest BCUT2D eigenvalue weighted by molar-refractivity contribution is -0.122. The Morgan fingerprint density at radius 1 is 1.14 bits per heavy atom. The number of amides is 1. The molecule has 3 rings (SSSR count). The van der Waals surface area contributed by atoms with Crippen LogP contribution in [0.25, 0.3) is 11.1 Å². The molecule has 0 aliphatic carbocycles. The van der Waals surface area contributed by atoms with Gasteiger partial charge in [-0.3, -0.25) is 14.7 Å². The number of hydrogen-bond donors (Lipinski definition) is 1. The number of benzene rings is 1. The molecule has 4 heteroatoms. The van der Waals surface area contributed by atoms with Gasteiger partial charge in [-0.05, 0) is 86.5 Å². The molecule has 0 spiro atoms. The minimum Gasteiger partial charge on any atom is -0.353 e. The summed E-state index contributed by atoms with van der Waals surface area (Å²) in [4.78, 5) is 19.1. The SMILES string of the molecule is Cc1cc(-c2ccc3c(c2)CN(CC(=O)NC(C)C)CCC3(C)C)cc(C)n1. The van der Waals surface area contributed by atoms with Crippen LogP contribution in [-0.2, 0) is 16.8 Å². The molecule has 2 heterocycles. The molecule has 1 aromatic heterocycles. The second kappa shape index (κ2) is 8.04. The number of rotatable bonds is 4. The lowest BCUT2D eigenvalue weighted by atomic mass is 9.79. The third kappa shape index (κ3) is 4.79. The van der Waals surface area contributed by atoms with Gasteiger partial charge in [-0.15, -0.1) is 0 Å². The Labute approximate surface area is 169 Å². The highest BCUT2D eigenvalue weighted by atomic mass is 16.2. The zero-order valence-corrected chi connectivity index (χ0v) is 18.1. The van der Waals surface area contributed by atoms with Gasteiger partial charge in [-0.25, -0.2) is 0 Å². The van der Waals surface area contributed by atoms with Crippen LogP contribution in [0.2, 0.25) is 0 Å². The number of aromatic nitrogens is 1. The van der Waals surface area contributed by atoms with Gasteiger partial charge in [0.1, 0.15) is 0 Å². The Bertz CT molecular complexity index is 850. The average molecular weight is 380 g/mol. The molecule has 0 bridgehead atoms. The summed E-state index contributed by atoms with van der Waals surface area (Å²) in [6.45, 7) is 14.9. The van der Waals surface area contributed by atoms with Gasteiger partial charge in [-0.1, -0.05) is 26.0 Å². The van der Waals surface area contributed by atoms with Crippen LogP contribution in [0.3, 0.4) is 0 Å². The molecule has 0 atom stereocenters. The highest BCUT2D eigenvalue weighted by Gasteiger charge is 2.29. The van der Waals surface area contributed by atoms with Crippen LogP contribution in [0.15, 0.2) is 30.3 Å². The van der Waals surface area contributed by atoms with Crippen LogP contribution < -0.4 is 5.32 Å². The summed E-state index contributed by atoms with van der Waals surface area (Å²) in [5.74, 6) is 0.104. The first-order valence-electron chi connectivity index (χ1n) is 10.2. The predicted molar refractivity (Wildman–Crippen MR) is 115 cm³/mol. The summed E-state index contributed by atoms with van der Waals surface area (Å²) in [6, 6.07) is 11.3. The molecule has 1 N–H and O–H groups in total. The number of hydrogen-bond acceptors (Lipinski definition) is 3. The molecule has 1 aliphatic rings. The zero-order chi connectivity index (χ0) is 20.5. The van der Waals surface area contributed by atoms with Gasteiger partial charge >= 0.3 is 0 Å². The Morgan fingerprint density at radius 2 is 1.82 bits per heavy atom. The van der Waals surface area contributed by atoms with E-state index in [0.717, 1.165) is 30.9 Å². The molecule has 0 saturated carbocycles. The average Bonchev–Trinajstić information content (AvgIpc) is 2.69. The second-order valence-corrected chi connectivity index (χ2v) is 9.08. The fraction of sp³-hybridized carbons (Fsp3) is 0.500. The molecule has 0 saturated heterocycles. The highest BCUT2D eigenvalue weighted by molar-refractivity contribution is 5.78. The Morgan fingerprint density at radius 3 is 2.46 bits per heavy atom. The minimum absolute atomic E-state index is 0.0984. The molecule has 28 heavy (non-hydrogen) atoms. The van der Waals surface area contributed by atoms with E-state index >= 15 is 0 Å². The summed E-state index contributed by atoms with van der Waals surface area (Å²) in [5, 5.41) is 3.02. The number of aryl methyl sites for hydroxylation is 2. The molecule has 0 radical (unpaired) electrons. The van der Waals surface area contributed by atoms with E-state index in [1.54, 1.807) is 0 Å². The molecule has 4 nitrogen and oxygen atoms in total. The maximum Gasteiger partial charge on any atom is 0.234 e. The summed E-state index contributed by atoms with van der Waals surface area (Å²) < 4.78 is 0. The van der Waals surface area contributed by atoms with E-state index in [0.29, 0.717) is 6.54 Å². The number of fused-ring (bicyclic) bond motifs is 1. The lowest BCUT2D eigenvalue weighted by Gasteiger charge is -2.25. The monoisotopic (exact) mass is 379 g/mol. The number of nitrogens with one attached hydrogen (secondary N) is 1. The molecular weight excluding hydrogens is 346 g/mol. The maximum absolute atomic E-state index is 12.3. The molecular formula is C24H33N3O. The highest BCUT2D eigenvalue weighted by Crippen LogP contribution is 2.36. The third-order valence-electron chi connectivity index (χ3n) is 5.51. The Kier molecular flexibility index (Phi) is 5.90. The van der Waals surface area contributed by atoms with Crippen molar-refractivity contribution in [3.63, 3.8) is 0 Å². The van der Waals surface area contributed by atoms with Crippen LogP contribution in [-0.4, -0.2) is 34.9 Å². The van der Waals surface area contributed by atoms with Gasteiger partial charge in [0.2, 0.25) is 5.91 Å². The van der Waals surface area contributed by atoms with E-state index in [-0.39, 0.29) is 17.4 Å². The van der Waals surface area contributed by atoms with E-state index in [1.165, 1.54) is 22.3 Å². The van der Waals surface area contributed by atoms with E-state index in [9.17, 15) is 4.79 Å². The van der Waals surface area contributed by atoms with Gasteiger partial charge in [0.15, 0.2) is 0 Å². The van der Waals surface area contributed by atoms with Crippen molar-refractivity contribution in [2.24, 2.45) is 0 Å². The van der Waals surface area contributed by atoms with E-state index < -0.39 is 0 Å².